The second-order valence-corrected chi connectivity index (χ2v) is 3.97. The van der Waals surface area contributed by atoms with Gasteiger partial charge in [0.05, 0.1) is 6.10 Å². The van der Waals surface area contributed by atoms with Crippen molar-refractivity contribution >= 4 is 11.6 Å². The zero-order valence-corrected chi connectivity index (χ0v) is 9.40. The summed E-state index contributed by atoms with van der Waals surface area (Å²) in [6.45, 7) is 6.59. The summed E-state index contributed by atoms with van der Waals surface area (Å²) in [6, 6.07) is 0. The predicted molar refractivity (Wildman–Crippen MR) is 54.8 cm³/mol. The summed E-state index contributed by atoms with van der Waals surface area (Å²) >= 11 is 5.87. The van der Waals surface area contributed by atoms with Crippen LogP contribution in [0.2, 0.25) is 0 Å². The molecule has 2 unspecified atom stereocenters. The van der Waals surface area contributed by atoms with Gasteiger partial charge in [-0.1, -0.05) is 20.8 Å². The first-order chi connectivity index (χ1) is 5.65. The van der Waals surface area contributed by atoms with Gasteiger partial charge < -0.3 is 4.74 Å². The summed E-state index contributed by atoms with van der Waals surface area (Å²) in [6.07, 6.45) is 2.56. The van der Waals surface area contributed by atoms with E-state index >= 15 is 0 Å². The Hall–Kier alpha value is 0.250. The minimum atomic E-state index is 0.385. The Bertz CT molecular complexity index is 100. The van der Waals surface area contributed by atoms with Crippen molar-refractivity contribution in [2.75, 3.05) is 13.0 Å². The summed E-state index contributed by atoms with van der Waals surface area (Å²) in [5, 5.41) is 0. The normalized spacial score (nSPS) is 16.5. The minimum Gasteiger partial charge on any atom is -0.381 e. The number of rotatable bonds is 6. The molecule has 0 saturated carbocycles. The Kier molecular flexibility index (Phi) is 6.87. The van der Waals surface area contributed by atoms with Crippen LogP contribution in [0.3, 0.4) is 0 Å². The number of methoxy groups -OCH3 is 1. The van der Waals surface area contributed by atoms with E-state index in [0.717, 1.165) is 18.7 Å². The lowest BCUT2D eigenvalue weighted by atomic mass is 9.91. The van der Waals surface area contributed by atoms with Gasteiger partial charge in [-0.3, -0.25) is 0 Å². The third-order valence-electron chi connectivity index (χ3n) is 2.50. The fraction of sp³-hybridized carbons (Fsp3) is 1.00. The number of ether oxygens (including phenoxy) is 1. The minimum absolute atomic E-state index is 0.385. The van der Waals surface area contributed by atoms with Crippen molar-refractivity contribution in [2.24, 2.45) is 11.8 Å². The average Bonchev–Trinajstić information content (AvgIpc) is 2.06. The van der Waals surface area contributed by atoms with E-state index in [9.17, 15) is 0 Å². The quantitative estimate of drug-likeness (QED) is 0.587. The van der Waals surface area contributed by atoms with Gasteiger partial charge in [-0.05, 0) is 24.7 Å². The topological polar surface area (TPSA) is 9.23 Å². The van der Waals surface area contributed by atoms with Crippen LogP contribution in [0.4, 0.5) is 0 Å². The van der Waals surface area contributed by atoms with Crippen LogP contribution >= 0.6 is 11.6 Å². The van der Waals surface area contributed by atoms with Crippen LogP contribution in [0.25, 0.3) is 0 Å². The molecule has 0 amide bonds. The van der Waals surface area contributed by atoms with E-state index in [1.165, 1.54) is 0 Å². The molecule has 0 bridgehead atoms. The second-order valence-electron chi connectivity index (χ2n) is 3.66. The highest BCUT2D eigenvalue weighted by Gasteiger charge is 2.16. The molecule has 0 radical (unpaired) electrons. The van der Waals surface area contributed by atoms with E-state index in [2.05, 4.69) is 20.8 Å². The summed E-state index contributed by atoms with van der Waals surface area (Å²) in [5.74, 6) is 2.00. The molecule has 0 spiro atoms. The molecule has 0 N–H and O–H groups in total. The van der Waals surface area contributed by atoms with Gasteiger partial charge >= 0.3 is 0 Å². The van der Waals surface area contributed by atoms with E-state index in [0.29, 0.717) is 17.9 Å². The monoisotopic (exact) mass is 192 g/mol. The van der Waals surface area contributed by atoms with Crippen LogP contribution in [0.1, 0.15) is 33.6 Å². The average molecular weight is 193 g/mol. The molecule has 0 aliphatic heterocycles. The highest BCUT2D eigenvalue weighted by Crippen LogP contribution is 2.21. The molecule has 0 aliphatic carbocycles. The van der Waals surface area contributed by atoms with Gasteiger partial charge in [0.2, 0.25) is 0 Å². The highest BCUT2D eigenvalue weighted by molar-refractivity contribution is 6.18. The summed E-state index contributed by atoms with van der Waals surface area (Å²) in [7, 11) is 1.78. The maximum Gasteiger partial charge on any atom is 0.0571 e. The smallest absolute Gasteiger partial charge is 0.0571 e. The Morgan fingerprint density at radius 2 is 1.92 bits per heavy atom. The van der Waals surface area contributed by atoms with E-state index < -0.39 is 0 Å². The summed E-state index contributed by atoms with van der Waals surface area (Å²) in [5.41, 5.74) is 0. The SMILES string of the molecule is CCC(CC(CCl)C(C)C)OC. The molecule has 0 rings (SSSR count). The zero-order valence-electron chi connectivity index (χ0n) is 8.64. The molecule has 0 aliphatic rings. The van der Waals surface area contributed by atoms with Gasteiger partial charge in [0.25, 0.3) is 0 Å². The maximum absolute atomic E-state index is 5.87. The van der Waals surface area contributed by atoms with E-state index in [1.807, 2.05) is 0 Å². The van der Waals surface area contributed by atoms with Gasteiger partial charge in [0.15, 0.2) is 0 Å². The largest absolute Gasteiger partial charge is 0.381 e. The van der Waals surface area contributed by atoms with E-state index in [1.54, 1.807) is 7.11 Å². The first-order valence-electron chi connectivity index (χ1n) is 4.74. The molecule has 12 heavy (non-hydrogen) atoms. The molecule has 0 aromatic rings. The van der Waals surface area contributed by atoms with Gasteiger partial charge in [-0.2, -0.15) is 0 Å². The van der Waals surface area contributed by atoms with Crippen LogP contribution < -0.4 is 0 Å². The van der Waals surface area contributed by atoms with Crippen LogP contribution in [-0.4, -0.2) is 19.1 Å². The third-order valence-corrected chi connectivity index (χ3v) is 2.89. The fourth-order valence-electron chi connectivity index (χ4n) is 1.28. The highest BCUT2D eigenvalue weighted by atomic mass is 35.5. The molecule has 1 nitrogen and oxygen atoms in total. The van der Waals surface area contributed by atoms with Gasteiger partial charge in [0, 0.05) is 13.0 Å². The van der Waals surface area contributed by atoms with Crippen LogP contribution in [0.15, 0.2) is 0 Å². The molecule has 0 aromatic carbocycles. The molecule has 2 heteroatoms. The van der Waals surface area contributed by atoms with Gasteiger partial charge in [-0.15, -0.1) is 11.6 Å². The van der Waals surface area contributed by atoms with Crippen molar-refractivity contribution in [3.8, 4) is 0 Å². The number of hydrogen-bond acceptors (Lipinski definition) is 1. The summed E-state index contributed by atoms with van der Waals surface area (Å²) in [4.78, 5) is 0. The van der Waals surface area contributed by atoms with Crippen LogP contribution in [0, 0.1) is 11.8 Å². The number of alkyl halides is 1. The molecule has 0 fully saturated rings. The number of halogens is 1. The first-order valence-corrected chi connectivity index (χ1v) is 5.27. The predicted octanol–water partition coefficient (Wildman–Crippen LogP) is 3.31. The molecule has 0 saturated heterocycles. The maximum atomic E-state index is 5.87. The Morgan fingerprint density at radius 3 is 2.17 bits per heavy atom. The fourth-order valence-corrected chi connectivity index (χ4v) is 1.76. The lowest BCUT2D eigenvalue weighted by Gasteiger charge is -2.22. The third kappa shape index (κ3) is 4.32. The second kappa shape index (κ2) is 6.73. The molecule has 0 heterocycles. The Balaban J connectivity index is 3.82. The number of hydrogen-bond donors (Lipinski definition) is 0. The molecular formula is C10H21ClO. The van der Waals surface area contributed by atoms with Crippen LogP contribution in [0.5, 0.6) is 0 Å². The molecule has 74 valence electrons. The van der Waals surface area contributed by atoms with Gasteiger partial charge in [0.1, 0.15) is 0 Å². The van der Waals surface area contributed by atoms with Crippen molar-refractivity contribution in [2.45, 2.75) is 39.7 Å². The molecular weight excluding hydrogens is 172 g/mol. The van der Waals surface area contributed by atoms with Crippen molar-refractivity contribution in [1.82, 2.24) is 0 Å². The lowest BCUT2D eigenvalue weighted by Crippen LogP contribution is -2.20. The van der Waals surface area contributed by atoms with Crippen molar-refractivity contribution < 1.29 is 4.74 Å². The Labute approximate surface area is 81.4 Å². The Morgan fingerprint density at radius 1 is 1.33 bits per heavy atom. The van der Waals surface area contributed by atoms with Gasteiger partial charge in [-0.25, -0.2) is 0 Å². The first kappa shape index (κ1) is 12.2. The molecule has 0 aromatic heterocycles. The standard InChI is InChI=1S/C10H21ClO/c1-5-10(12-4)6-9(7-11)8(2)3/h8-10H,5-7H2,1-4H3. The van der Waals surface area contributed by atoms with Crippen LogP contribution in [-0.2, 0) is 4.74 Å². The van der Waals surface area contributed by atoms with E-state index in [4.69, 9.17) is 16.3 Å². The lowest BCUT2D eigenvalue weighted by molar-refractivity contribution is 0.0733. The van der Waals surface area contributed by atoms with Crippen molar-refractivity contribution in [3.63, 3.8) is 0 Å². The zero-order chi connectivity index (χ0) is 9.56. The summed E-state index contributed by atoms with van der Waals surface area (Å²) < 4.78 is 5.32. The molecule has 2 atom stereocenters. The van der Waals surface area contributed by atoms with Crippen molar-refractivity contribution in [3.05, 3.63) is 0 Å². The van der Waals surface area contributed by atoms with Crippen molar-refractivity contribution in [1.29, 1.82) is 0 Å². The van der Waals surface area contributed by atoms with E-state index in [-0.39, 0.29) is 0 Å².